The summed E-state index contributed by atoms with van der Waals surface area (Å²) in [5.74, 6) is 0. The van der Waals surface area contributed by atoms with Crippen molar-refractivity contribution in [1.82, 2.24) is 0 Å². The van der Waals surface area contributed by atoms with Crippen LogP contribution in [-0.2, 0) is 0 Å². The van der Waals surface area contributed by atoms with Crippen LogP contribution in [0.5, 0.6) is 0 Å². The molecule has 0 unspecified atom stereocenters. The van der Waals surface area contributed by atoms with Gasteiger partial charge in [-0.15, -0.1) is 22.7 Å². The van der Waals surface area contributed by atoms with Crippen molar-refractivity contribution in [2.75, 3.05) is 0 Å². The standard InChI is InChI=1S/C56H32S2/c1-3-17-35-33(14-1)16-13-26-40(35)51-41-21-7-9-23-43(41)52(44-24-10-8-22-42(44)51)45-31-30-39(37-19-5-6-20-38(37)45)48-32-50-54(56-53(48)46-25-11-12-27-49(46)57-56)47-29-28-34-15-2-4-18-36(34)55(47)58-50/h1-32H. The summed E-state index contributed by atoms with van der Waals surface area (Å²) in [4.78, 5) is 0. The highest BCUT2D eigenvalue weighted by molar-refractivity contribution is 7.30. The minimum absolute atomic E-state index is 1.26. The van der Waals surface area contributed by atoms with E-state index in [4.69, 9.17) is 0 Å². The first-order valence-corrected chi connectivity index (χ1v) is 21.6. The highest BCUT2D eigenvalue weighted by Gasteiger charge is 2.23. The van der Waals surface area contributed by atoms with Crippen LogP contribution in [0.1, 0.15) is 0 Å². The molecular formula is C56H32S2. The molecule has 0 amide bonds. The lowest BCUT2D eigenvalue weighted by molar-refractivity contribution is 1.68. The second-order valence-corrected chi connectivity index (χ2v) is 17.5. The molecule has 0 fully saturated rings. The summed E-state index contributed by atoms with van der Waals surface area (Å²) < 4.78 is 5.42. The average Bonchev–Trinajstić information content (AvgIpc) is 3.87. The Morgan fingerprint density at radius 1 is 0.241 bits per heavy atom. The van der Waals surface area contributed by atoms with Gasteiger partial charge in [-0.1, -0.05) is 182 Å². The molecule has 0 nitrogen and oxygen atoms in total. The molecule has 11 aromatic carbocycles. The molecule has 0 saturated heterocycles. The van der Waals surface area contributed by atoms with Crippen LogP contribution in [0.2, 0.25) is 0 Å². The number of rotatable bonds is 3. The molecule has 2 aromatic heterocycles. The van der Waals surface area contributed by atoms with Gasteiger partial charge in [0.1, 0.15) is 0 Å². The van der Waals surface area contributed by atoms with Crippen LogP contribution in [0.3, 0.4) is 0 Å². The van der Waals surface area contributed by atoms with Crippen molar-refractivity contribution < 1.29 is 0 Å². The van der Waals surface area contributed by atoms with Crippen molar-refractivity contribution in [1.29, 1.82) is 0 Å². The van der Waals surface area contributed by atoms with Gasteiger partial charge in [-0.2, -0.15) is 0 Å². The van der Waals surface area contributed by atoms with Gasteiger partial charge in [0, 0.05) is 40.3 Å². The van der Waals surface area contributed by atoms with E-state index in [-0.39, 0.29) is 0 Å². The molecular weight excluding hydrogens is 737 g/mol. The molecule has 2 heterocycles. The van der Waals surface area contributed by atoms with Crippen molar-refractivity contribution in [3.05, 3.63) is 194 Å². The largest absolute Gasteiger partial charge is 0.134 e. The lowest BCUT2D eigenvalue weighted by atomic mass is 9.83. The second-order valence-electron chi connectivity index (χ2n) is 15.4. The van der Waals surface area contributed by atoms with Crippen molar-refractivity contribution in [2.45, 2.75) is 0 Å². The van der Waals surface area contributed by atoms with E-state index >= 15 is 0 Å². The quantitative estimate of drug-likeness (QED) is 0.157. The number of hydrogen-bond acceptors (Lipinski definition) is 2. The normalized spacial score (nSPS) is 12.1. The van der Waals surface area contributed by atoms with E-state index in [1.807, 2.05) is 22.7 Å². The summed E-state index contributed by atoms with van der Waals surface area (Å²) in [6.07, 6.45) is 0. The monoisotopic (exact) mass is 768 g/mol. The van der Waals surface area contributed by atoms with Crippen molar-refractivity contribution in [3.63, 3.8) is 0 Å². The third-order valence-electron chi connectivity index (χ3n) is 12.4. The Morgan fingerprint density at radius 2 is 0.724 bits per heavy atom. The summed E-state index contributed by atoms with van der Waals surface area (Å²) in [6, 6.07) is 72.5. The van der Waals surface area contributed by atoms with Gasteiger partial charge in [-0.3, -0.25) is 0 Å². The van der Waals surface area contributed by atoms with E-state index in [0.29, 0.717) is 0 Å². The van der Waals surface area contributed by atoms with E-state index in [2.05, 4.69) is 194 Å². The van der Waals surface area contributed by atoms with Crippen LogP contribution < -0.4 is 0 Å². The first-order valence-electron chi connectivity index (χ1n) is 19.9. The Kier molecular flexibility index (Phi) is 6.86. The van der Waals surface area contributed by atoms with Crippen LogP contribution in [0.25, 0.3) is 128 Å². The van der Waals surface area contributed by atoms with Crippen LogP contribution >= 0.6 is 22.7 Å². The molecule has 13 rings (SSSR count). The first-order chi connectivity index (χ1) is 28.8. The topological polar surface area (TPSA) is 0 Å². The van der Waals surface area contributed by atoms with E-state index in [1.165, 1.54) is 128 Å². The molecule has 0 bridgehead atoms. The van der Waals surface area contributed by atoms with E-state index in [9.17, 15) is 0 Å². The zero-order valence-corrected chi connectivity index (χ0v) is 32.9. The summed E-state index contributed by atoms with van der Waals surface area (Å²) in [5, 5.41) is 18.2. The third kappa shape index (κ3) is 4.50. The molecule has 0 N–H and O–H groups in total. The number of hydrogen-bond donors (Lipinski definition) is 0. The maximum Gasteiger partial charge on any atom is 0.0454 e. The molecule has 13 aromatic rings. The van der Waals surface area contributed by atoms with Crippen LogP contribution in [0, 0.1) is 0 Å². The summed E-state index contributed by atoms with van der Waals surface area (Å²) in [5.41, 5.74) is 7.70. The van der Waals surface area contributed by atoms with E-state index in [0.717, 1.165) is 0 Å². The highest BCUT2D eigenvalue weighted by Crippen LogP contribution is 2.52. The van der Waals surface area contributed by atoms with Crippen molar-refractivity contribution >= 4 is 117 Å². The van der Waals surface area contributed by atoms with Crippen molar-refractivity contribution in [2.24, 2.45) is 0 Å². The van der Waals surface area contributed by atoms with Crippen LogP contribution in [0.4, 0.5) is 0 Å². The van der Waals surface area contributed by atoms with Crippen molar-refractivity contribution in [3.8, 4) is 33.4 Å². The minimum Gasteiger partial charge on any atom is -0.134 e. The smallest absolute Gasteiger partial charge is 0.0454 e. The van der Waals surface area contributed by atoms with Gasteiger partial charge in [0.25, 0.3) is 0 Å². The highest BCUT2D eigenvalue weighted by atomic mass is 32.1. The fourth-order valence-electron chi connectivity index (χ4n) is 9.99. The predicted molar refractivity (Wildman–Crippen MR) is 256 cm³/mol. The lowest BCUT2D eigenvalue weighted by Crippen LogP contribution is -1.93. The predicted octanol–water partition coefficient (Wildman–Crippen LogP) is 17.2. The Balaban J connectivity index is 1.12. The fraction of sp³-hybridized carbons (Fsp3) is 0. The van der Waals surface area contributed by atoms with Gasteiger partial charge in [0.2, 0.25) is 0 Å². The number of benzene rings is 11. The molecule has 0 atom stereocenters. The fourth-order valence-corrected chi connectivity index (χ4v) is 12.6. The maximum absolute atomic E-state index is 2.50. The van der Waals surface area contributed by atoms with E-state index in [1.54, 1.807) is 0 Å². The second kappa shape index (κ2) is 12.3. The van der Waals surface area contributed by atoms with Gasteiger partial charge in [0.15, 0.2) is 0 Å². The Hall–Kier alpha value is -6.84. The average molecular weight is 769 g/mol. The lowest BCUT2D eigenvalue weighted by Gasteiger charge is -2.20. The van der Waals surface area contributed by atoms with Crippen LogP contribution in [-0.4, -0.2) is 0 Å². The maximum atomic E-state index is 2.50. The van der Waals surface area contributed by atoms with Gasteiger partial charge in [-0.25, -0.2) is 0 Å². The molecule has 58 heavy (non-hydrogen) atoms. The van der Waals surface area contributed by atoms with Gasteiger partial charge < -0.3 is 0 Å². The first kappa shape index (κ1) is 32.3. The Bertz CT molecular complexity index is 3800. The summed E-state index contributed by atoms with van der Waals surface area (Å²) >= 11 is 3.88. The summed E-state index contributed by atoms with van der Waals surface area (Å²) in [6.45, 7) is 0. The van der Waals surface area contributed by atoms with E-state index < -0.39 is 0 Å². The SMILES string of the molecule is c1ccc2c(-c3c4ccccc4c(-c4ccc(-c5cc6sc7c8ccccc8ccc7c6c6sc7ccccc7c56)c5ccccc45)c4ccccc34)cccc2c1. The van der Waals surface area contributed by atoms with Gasteiger partial charge in [-0.05, 0) is 99.4 Å². The zero-order chi connectivity index (χ0) is 37.9. The molecule has 0 aliphatic heterocycles. The Morgan fingerprint density at radius 3 is 1.41 bits per heavy atom. The third-order valence-corrected chi connectivity index (χ3v) is 14.8. The molecule has 0 radical (unpaired) electrons. The molecule has 0 aliphatic rings. The van der Waals surface area contributed by atoms with Crippen LogP contribution in [0.15, 0.2) is 194 Å². The Labute approximate surface area is 342 Å². The molecule has 0 aliphatic carbocycles. The van der Waals surface area contributed by atoms with Gasteiger partial charge >= 0.3 is 0 Å². The minimum atomic E-state index is 1.26. The summed E-state index contributed by atoms with van der Waals surface area (Å²) in [7, 11) is 0. The molecule has 268 valence electrons. The number of thiophene rings is 2. The molecule has 0 saturated carbocycles. The molecule has 0 spiro atoms. The molecule has 2 heteroatoms. The number of fused-ring (bicyclic) bond motifs is 13. The van der Waals surface area contributed by atoms with Gasteiger partial charge in [0.05, 0.1) is 0 Å². The zero-order valence-electron chi connectivity index (χ0n) is 31.3.